The number of halogens is 2. The molecule has 7 nitrogen and oxygen atoms in total. The Morgan fingerprint density at radius 1 is 0.759 bits per heavy atom. The summed E-state index contributed by atoms with van der Waals surface area (Å²) >= 11 is 18.2. The summed E-state index contributed by atoms with van der Waals surface area (Å²) in [7, 11) is 0. The molecule has 2 aliphatic heterocycles. The summed E-state index contributed by atoms with van der Waals surface area (Å²) in [5.41, 5.74) is -0.879. The number of benzene rings is 2. The summed E-state index contributed by atoms with van der Waals surface area (Å²) < 4.78 is 0. The molecule has 2 unspecified atom stereocenters. The van der Waals surface area contributed by atoms with Crippen molar-refractivity contribution in [3.63, 3.8) is 0 Å². The monoisotopic (exact) mass is 448 g/mol. The van der Waals surface area contributed by atoms with Crippen LogP contribution in [0.1, 0.15) is 23.2 Å². The highest BCUT2D eigenvalue weighted by molar-refractivity contribution is 7.80. The fraction of sp³-hybridized carbons (Fsp3) is 0.158. The molecule has 4 rings (SSSR count). The van der Waals surface area contributed by atoms with Crippen molar-refractivity contribution < 1.29 is 14.4 Å². The molecular formula is C19H14Cl2N4O3S. The number of thiocarbonyl (C=S) groups is 1. The van der Waals surface area contributed by atoms with E-state index in [1.807, 2.05) is 0 Å². The van der Waals surface area contributed by atoms with E-state index in [1.165, 1.54) is 0 Å². The van der Waals surface area contributed by atoms with Crippen molar-refractivity contribution in [2.75, 3.05) is 0 Å². The lowest BCUT2D eigenvalue weighted by Crippen LogP contribution is -2.73. The highest BCUT2D eigenvalue weighted by Crippen LogP contribution is 2.50. The van der Waals surface area contributed by atoms with Crippen molar-refractivity contribution >= 4 is 58.4 Å². The van der Waals surface area contributed by atoms with Gasteiger partial charge in [0.05, 0.1) is 12.1 Å². The lowest BCUT2D eigenvalue weighted by molar-refractivity contribution is -0.149. The van der Waals surface area contributed by atoms with Gasteiger partial charge in [-0.05, 0) is 35.5 Å². The van der Waals surface area contributed by atoms with Crippen molar-refractivity contribution in [2.24, 2.45) is 5.41 Å². The van der Waals surface area contributed by atoms with Crippen molar-refractivity contribution in [1.82, 2.24) is 21.3 Å². The molecule has 0 aliphatic carbocycles. The van der Waals surface area contributed by atoms with Crippen LogP contribution in [0, 0.1) is 5.41 Å². The highest BCUT2D eigenvalue weighted by Gasteiger charge is 2.64. The number of rotatable bonds is 2. The second-order valence-corrected chi connectivity index (χ2v) is 7.86. The SMILES string of the molecule is O=C1NC(=O)C2(C(=O)N1)C(c1ccccc1Cl)NC(=S)NC2c1ccccc1Cl. The Balaban J connectivity index is 2.00. The van der Waals surface area contributed by atoms with Crippen LogP contribution in [-0.2, 0) is 9.59 Å². The van der Waals surface area contributed by atoms with Gasteiger partial charge in [-0.15, -0.1) is 0 Å². The maximum absolute atomic E-state index is 13.3. The van der Waals surface area contributed by atoms with Crippen molar-refractivity contribution in [3.05, 3.63) is 69.7 Å². The van der Waals surface area contributed by atoms with Gasteiger partial charge < -0.3 is 10.6 Å². The average molecular weight is 449 g/mol. The Labute approximate surface area is 181 Å². The van der Waals surface area contributed by atoms with Gasteiger partial charge >= 0.3 is 6.03 Å². The van der Waals surface area contributed by atoms with E-state index >= 15 is 0 Å². The fourth-order valence-electron chi connectivity index (χ4n) is 3.83. The first-order valence-corrected chi connectivity index (χ1v) is 9.75. The van der Waals surface area contributed by atoms with Crippen LogP contribution >= 0.6 is 35.4 Å². The minimum absolute atomic E-state index is 0.211. The highest BCUT2D eigenvalue weighted by atomic mass is 35.5. The quantitative estimate of drug-likeness (QED) is 0.416. The van der Waals surface area contributed by atoms with Crippen LogP contribution in [0.2, 0.25) is 10.0 Å². The molecule has 2 aromatic carbocycles. The molecule has 1 spiro atoms. The number of amides is 4. The van der Waals surface area contributed by atoms with Crippen LogP contribution in [0.3, 0.4) is 0 Å². The molecule has 2 aromatic rings. The Hall–Kier alpha value is -2.68. The lowest BCUT2D eigenvalue weighted by atomic mass is 9.65. The number of barbiturate groups is 1. The van der Waals surface area contributed by atoms with Crippen LogP contribution in [-0.4, -0.2) is 23.0 Å². The van der Waals surface area contributed by atoms with Crippen molar-refractivity contribution in [3.8, 4) is 0 Å². The summed E-state index contributed by atoms with van der Waals surface area (Å²) in [6.45, 7) is 0. The largest absolute Gasteiger partial charge is 0.354 e. The Bertz CT molecular complexity index is 982. The van der Waals surface area contributed by atoms with Gasteiger partial charge in [-0.3, -0.25) is 20.2 Å². The molecule has 2 saturated heterocycles. The second kappa shape index (κ2) is 7.29. The minimum Gasteiger partial charge on any atom is -0.354 e. The van der Waals surface area contributed by atoms with E-state index in [2.05, 4.69) is 21.3 Å². The molecule has 2 fully saturated rings. The zero-order valence-corrected chi connectivity index (χ0v) is 17.0. The summed E-state index contributed by atoms with van der Waals surface area (Å²) in [6, 6.07) is 10.8. The van der Waals surface area contributed by atoms with Crippen molar-refractivity contribution in [1.29, 1.82) is 0 Å². The lowest BCUT2D eigenvalue weighted by Gasteiger charge is -2.49. The van der Waals surface area contributed by atoms with E-state index < -0.39 is 35.3 Å². The van der Waals surface area contributed by atoms with E-state index in [0.29, 0.717) is 21.2 Å². The third-order valence-electron chi connectivity index (χ3n) is 5.10. The normalized spacial score (nSPS) is 23.1. The predicted molar refractivity (Wildman–Crippen MR) is 111 cm³/mol. The molecule has 29 heavy (non-hydrogen) atoms. The molecule has 148 valence electrons. The Morgan fingerprint density at radius 2 is 1.17 bits per heavy atom. The summed E-state index contributed by atoms with van der Waals surface area (Å²) in [6.07, 6.45) is 0. The van der Waals surface area contributed by atoms with Gasteiger partial charge in [0.15, 0.2) is 10.5 Å². The Kier molecular flexibility index (Phi) is 4.94. The van der Waals surface area contributed by atoms with Gasteiger partial charge in [0, 0.05) is 10.0 Å². The van der Waals surface area contributed by atoms with E-state index in [-0.39, 0.29) is 5.11 Å². The van der Waals surface area contributed by atoms with Gasteiger partial charge in [-0.25, -0.2) is 4.79 Å². The molecule has 2 aliphatic rings. The third-order valence-corrected chi connectivity index (χ3v) is 6.02. The van der Waals surface area contributed by atoms with E-state index in [0.717, 1.165) is 0 Å². The van der Waals surface area contributed by atoms with Crippen LogP contribution in [0.15, 0.2) is 48.5 Å². The van der Waals surface area contributed by atoms with E-state index in [1.54, 1.807) is 48.5 Å². The Morgan fingerprint density at radius 3 is 1.59 bits per heavy atom. The molecule has 4 amide bonds. The van der Waals surface area contributed by atoms with E-state index in [4.69, 9.17) is 35.4 Å². The van der Waals surface area contributed by atoms with Crippen LogP contribution in [0.5, 0.6) is 0 Å². The number of hydrogen-bond donors (Lipinski definition) is 4. The molecule has 4 N–H and O–H groups in total. The first-order chi connectivity index (χ1) is 13.9. The first-order valence-electron chi connectivity index (χ1n) is 8.58. The maximum atomic E-state index is 13.3. The molecule has 0 bridgehead atoms. The molecule has 10 heteroatoms. The summed E-state index contributed by atoms with van der Waals surface area (Å²) in [5.74, 6) is -1.58. The first kappa shape index (κ1) is 19.6. The number of nitrogens with one attached hydrogen (secondary N) is 4. The second-order valence-electron chi connectivity index (χ2n) is 6.63. The smallest absolute Gasteiger partial charge is 0.328 e. The topological polar surface area (TPSA) is 99.3 Å². The molecule has 0 radical (unpaired) electrons. The fourth-order valence-corrected chi connectivity index (χ4v) is 4.56. The number of imide groups is 2. The molecule has 2 atom stereocenters. The predicted octanol–water partition coefficient (Wildman–Crippen LogP) is 2.61. The summed E-state index contributed by atoms with van der Waals surface area (Å²) in [4.78, 5) is 38.4. The van der Waals surface area contributed by atoms with Gasteiger partial charge in [-0.1, -0.05) is 59.6 Å². The van der Waals surface area contributed by atoms with Crippen molar-refractivity contribution in [2.45, 2.75) is 12.1 Å². The maximum Gasteiger partial charge on any atom is 0.328 e. The van der Waals surface area contributed by atoms with Crippen LogP contribution in [0.25, 0.3) is 0 Å². The zero-order valence-electron chi connectivity index (χ0n) is 14.7. The average Bonchev–Trinajstić information content (AvgIpc) is 2.67. The number of urea groups is 1. The summed E-state index contributed by atoms with van der Waals surface area (Å²) in [5, 5.41) is 11.3. The number of carbonyl (C=O) groups excluding carboxylic acids is 3. The molecule has 0 aromatic heterocycles. The zero-order chi connectivity index (χ0) is 20.8. The van der Waals surface area contributed by atoms with Gasteiger partial charge in [0.2, 0.25) is 11.8 Å². The standard InChI is InChI=1S/C19H14Cl2N4O3S/c20-11-7-3-1-5-9(11)13-19(15(26)24-17(28)25-16(19)27)14(23-18(29)22-13)10-6-2-4-8-12(10)21/h1-8,13-14H,(H2,22,23,29)(H2,24,25,26,27,28). The van der Waals surface area contributed by atoms with E-state index in [9.17, 15) is 14.4 Å². The number of carbonyl (C=O) groups is 3. The number of hydrogen-bond acceptors (Lipinski definition) is 4. The molecule has 0 saturated carbocycles. The van der Waals surface area contributed by atoms with Crippen LogP contribution in [0.4, 0.5) is 4.79 Å². The molecule has 2 heterocycles. The van der Waals surface area contributed by atoms with Gasteiger partial charge in [0.1, 0.15) is 0 Å². The minimum atomic E-state index is -1.84. The molecular weight excluding hydrogens is 435 g/mol. The van der Waals surface area contributed by atoms with Crippen LogP contribution < -0.4 is 21.3 Å². The van der Waals surface area contributed by atoms with Gasteiger partial charge in [-0.2, -0.15) is 0 Å². The third kappa shape index (κ3) is 3.04. The van der Waals surface area contributed by atoms with Gasteiger partial charge in [0.25, 0.3) is 0 Å².